The Hall–Kier alpha value is -2.83. The first-order chi connectivity index (χ1) is 12.1. The zero-order valence-electron chi connectivity index (χ0n) is 13.9. The predicted octanol–water partition coefficient (Wildman–Crippen LogP) is 2.94. The van der Waals surface area contributed by atoms with Crippen molar-refractivity contribution in [2.75, 3.05) is 13.7 Å². The van der Waals surface area contributed by atoms with Crippen molar-refractivity contribution in [2.45, 2.75) is 19.6 Å². The van der Waals surface area contributed by atoms with Crippen LogP contribution < -0.4 is 20.5 Å². The molecule has 5 nitrogen and oxygen atoms in total. The van der Waals surface area contributed by atoms with Gasteiger partial charge in [-0.1, -0.05) is 36.4 Å². The fourth-order valence-corrected chi connectivity index (χ4v) is 2.31. The van der Waals surface area contributed by atoms with Crippen molar-refractivity contribution in [2.24, 2.45) is 10.7 Å². The first-order valence-electron chi connectivity index (χ1n) is 7.78. The largest absolute Gasteiger partial charge is 0.496 e. The number of nitrogens with two attached hydrogens (primary N) is 1. The van der Waals surface area contributed by atoms with Crippen molar-refractivity contribution in [3.63, 3.8) is 0 Å². The van der Waals surface area contributed by atoms with Crippen LogP contribution in [-0.4, -0.2) is 26.2 Å². The average molecular weight is 349 g/mol. The molecule has 0 atom stereocenters. The smallest absolute Gasteiger partial charge is 0.387 e. The number of hydrogen-bond acceptors (Lipinski definition) is 3. The number of nitrogens with one attached hydrogen (secondary N) is 1. The molecular weight excluding hydrogens is 328 g/mol. The Morgan fingerprint density at radius 2 is 1.72 bits per heavy atom. The molecule has 0 amide bonds. The van der Waals surface area contributed by atoms with Crippen molar-refractivity contribution in [1.82, 2.24) is 5.32 Å². The molecule has 0 bridgehead atoms. The first kappa shape index (κ1) is 18.5. The summed E-state index contributed by atoms with van der Waals surface area (Å²) < 4.78 is 34.5. The van der Waals surface area contributed by atoms with Gasteiger partial charge in [0.25, 0.3) is 0 Å². The monoisotopic (exact) mass is 349 g/mol. The Bertz CT molecular complexity index is 708. The fraction of sp³-hybridized carbons (Fsp3) is 0.278. The van der Waals surface area contributed by atoms with E-state index in [1.54, 1.807) is 25.3 Å². The highest BCUT2D eigenvalue weighted by Crippen LogP contribution is 2.20. The van der Waals surface area contributed by atoms with Crippen LogP contribution in [0, 0.1) is 0 Å². The normalized spacial score (nSPS) is 11.4. The van der Waals surface area contributed by atoms with Gasteiger partial charge in [0.15, 0.2) is 5.96 Å². The highest BCUT2D eigenvalue weighted by Gasteiger charge is 2.08. The summed E-state index contributed by atoms with van der Waals surface area (Å²) in [5.41, 5.74) is 7.44. The van der Waals surface area contributed by atoms with Gasteiger partial charge in [0, 0.05) is 12.1 Å². The molecule has 2 rings (SSSR count). The number of alkyl halides is 2. The third-order valence-electron chi connectivity index (χ3n) is 3.50. The van der Waals surface area contributed by atoms with E-state index in [0.29, 0.717) is 25.1 Å². The van der Waals surface area contributed by atoms with Crippen molar-refractivity contribution in [1.29, 1.82) is 0 Å². The minimum Gasteiger partial charge on any atom is -0.496 e. The summed E-state index contributed by atoms with van der Waals surface area (Å²) in [4.78, 5) is 4.26. The number of methoxy groups -OCH3 is 1. The van der Waals surface area contributed by atoms with Crippen LogP contribution >= 0.6 is 0 Å². The van der Waals surface area contributed by atoms with Gasteiger partial charge in [-0.3, -0.25) is 0 Å². The molecular formula is C18H21F2N3O2. The molecule has 134 valence electrons. The van der Waals surface area contributed by atoms with E-state index in [9.17, 15) is 8.78 Å². The molecule has 7 heteroatoms. The quantitative estimate of drug-likeness (QED) is 0.568. The summed E-state index contributed by atoms with van der Waals surface area (Å²) in [6.07, 6.45) is 0.480. The average Bonchev–Trinajstić information content (AvgIpc) is 2.61. The van der Waals surface area contributed by atoms with E-state index in [2.05, 4.69) is 15.0 Å². The second-order valence-corrected chi connectivity index (χ2v) is 5.18. The molecule has 3 N–H and O–H groups in total. The Kier molecular flexibility index (Phi) is 7.00. The molecule has 0 radical (unpaired) electrons. The maximum Gasteiger partial charge on any atom is 0.387 e. The number of hydrogen-bond donors (Lipinski definition) is 2. The summed E-state index contributed by atoms with van der Waals surface area (Å²) in [5.74, 6) is 1.19. The number of ether oxygens (including phenoxy) is 2. The van der Waals surface area contributed by atoms with Crippen LogP contribution in [0.25, 0.3) is 0 Å². The molecule has 2 aromatic rings. The van der Waals surface area contributed by atoms with Crippen LogP contribution in [0.15, 0.2) is 53.5 Å². The van der Waals surface area contributed by atoms with Gasteiger partial charge in [-0.2, -0.15) is 8.78 Å². The van der Waals surface area contributed by atoms with Crippen molar-refractivity contribution >= 4 is 5.96 Å². The van der Waals surface area contributed by atoms with Crippen LogP contribution in [-0.2, 0) is 13.0 Å². The summed E-state index contributed by atoms with van der Waals surface area (Å²) in [7, 11) is 1.60. The fourth-order valence-electron chi connectivity index (χ4n) is 2.31. The maximum absolute atomic E-state index is 12.4. The maximum atomic E-state index is 12.4. The minimum absolute atomic E-state index is 0.170. The number of aliphatic imine (C=N–C) groups is 1. The second kappa shape index (κ2) is 9.46. The van der Waals surface area contributed by atoms with E-state index >= 15 is 0 Å². The molecule has 0 fully saturated rings. The molecule has 0 unspecified atom stereocenters. The lowest BCUT2D eigenvalue weighted by Gasteiger charge is -2.11. The Labute approximate surface area is 145 Å². The number of benzene rings is 2. The van der Waals surface area contributed by atoms with Gasteiger partial charge in [-0.15, -0.1) is 0 Å². The Morgan fingerprint density at radius 3 is 2.40 bits per heavy atom. The zero-order chi connectivity index (χ0) is 18.1. The van der Waals surface area contributed by atoms with E-state index in [1.165, 1.54) is 6.07 Å². The Morgan fingerprint density at radius 1 is 1.08 bits per heavy atom. The lowest BCUT2D eigenvalue weighted by molar-refractivity contribution is -0.0504. The summed E-state index contributed by atoms with van der Waals surface area (Å²) in [5, 5.41) is 2.96. The number of rotatable bonds is 8. The molecule has 0 saturated heterocycles. The zero-order valence-corrected chi connectivity index (χ0v) is 13.9. The standard InChI is InChI=1S/C18H21F2N3O2/c1-24-15-8-4-3-7-14(15)12-23-18(21)22-11-10-13-6-2-5-9-16(13)25-17(19)20/h2-9,17H,10-12H2,1H3,(H3,21,22,23). The van der Waals surface area contributed by atoms with Crippen LogP contribution in [0.2, 0.25) is 0 Å². The van der Waals surface area contributed by atoms with Gasteiger partial charge in [0.2, 0.25) is 0 Å². The number of nitrogens with zero attached hydrogens (tertiary/aromatic N) is 1. The predicted molar refractivity (Wildman–Crippen MR) is 93.1 cm³/mol. The number of guanidine groups is 1. The number of halogens is 2. The molecule has 0 heterocycles. The molecule has 2 aromatic carbocycles. The van der Waals surface area contributed by atoms with Gasteiger partial charge in [0.05, 0.1) is 13.7 Å². The molecule has 0 spiro atoms. The van der Waals surface area contributed by atoms with Gasteiger partial charge >= 0.3 is 6.61 Å². The van der Waals surface area contributed by atoms with Gasteiger partial charge in [-0.25, -0.2) is 4.99 Å². The van der Waals surface area contributed by atoms with Crippen LogP contribution in [0.3, 0.4) is 0 Å². The van der Waals surface area contributed by atoms with Gasteiger partial charge in [0.1, 0.15) is 11.5 Å². The van der Waals surface area contributed by atoms with Crippen LogP contribution in [0.1, 0.15) is 11.1 Å². The highest BCUT2D eigenvalue weighted by molar-refractivity contribution is 5.77. The third kappa shape index (κ3) is 5.95. The molecule has 0 aromatic heterocycles. The third-order valence-corrected chi connectivity index (χ3v) is 3.50. The van der Waals surface area contributed by atoms with E-state index in [1.807, 2.05) is 24.3 Å². The molecule has 0 aliphatic heterocycles. The minimum atomic E-state index is -2.85. The topological polar surface area (TPSA) is 68.9 Å². The van der Waals surface area contributed by atoms with Crippen LogP contribution in [0.5, 0.6) is 11.5 Å². The lowest BCUT2D eigenvalue weighted by Crippen LogP contribution is -2.33. The highest BCUT2D eigenvalue weighted by atomic mass is 19.3. The van der Waals surface area contributed by atoms with Crippen molar-refractivity contribution in [3.05, 3.63) is 59.7 Å². The van der Waals surface area contributed by atoms with E-state index in [-0.39, 0.29) is 11.7 Å². The van der Waals surface area contributed by atoms with E-state index < -0.39 is 6.61 Å². The summed E-state index contributed by atoms with van der Waals surface area (Å²) >= 11 is 0. The molecule has 0 aliphatic carbocycles. The van der Waals surface area contributed by atoms with Gasteiger partial charge in [-0.05, 0) is 24.1 Å². The summed E-state index contributed by atoms with van der Waals surface area (Å²) in [6, 6.07) is 14.2. The van der Waals surface area contributed by atoms with E-state index in [4.69, 9.17) is 10.5 Å². The van der Waals surface area contributed by atoms with Crippen LogP contribution in [0.4, 0.5) is 8.78 Å². The molecule has 0 saturated carbocycles. The van der Waals surface area contributed by atoms with Gasteiger partial charge < -0.3 is 20.5 Å². The molecule has 25 heavy (non-hydrogen) atoms. The van der Waals surface area contributed by atoms with Crippen molar-refractivity contribution in [3.8, 4) is 11.5 Å². The lowest BCUT2D eigenvalue weighted by atomic mass is 10.1. The Balaban J connectivity index is 1.87. The number of para-hydroxylation sites is 2. The van der Waals surface area contributed by atoms with E-state index in [0.717, 1.165) is 11.3 Å². The molecule has 0 aliphatic rings. The first-order valence-corrected chi connectivity index (χ1v) is 7.78. The SMILES string of the molecule is COc1ccccc1CN=C(N)NCCc1ccccc1OC(F)F. The second-order valence-electron chi connectivity index (χ2n) is 5.18. The van der Waals surface area contributed by atoms with Crippen molar-refractivity contribution < 1.29 is 18.3 Å². The summed E-state index contributed by atoms with van der Waals surface area (Å²) in [6.45, 7) is -2.01.